The minimum Gasteiger partial charge on any atom is -0.446 e. The van der Waals surface area contributed by atoms with Gasteiger partial charge in [-0.3, -0.25) is 19.6 Å². The molecular weight excluding hydrogens is 532 g/mol. The van der Waals surface area contributed by atoms with Crippen molar-refractivity contribution in [2.75, 3.05) is 32.7 Å². The standard InChI is InChI=1S/C32H48N6O4/c1-3-4-30(39)34-31(40)20-28-27-10-5-24(19-29(27)36(2)35-28)23-13-15-37(16-14-23)21-22-11-17-38(18-12-22)32(41)42-26-8-6-25(33)7-9-26/h5,10,19,22-23,25-26H,3-4,6-9,11-18,20-21,33H2,1-2H3,(H,34,39,40). The van der Waals surface area contributed by atoms with Gasteiger partial charge in [0.15, 0.2) is 0 Å². The van der Waals surface area contributed by atoms with Crippen molar-refractivity contribution in [2.24, 2.45) is 18.7 Å². The van der Waals surface area contributed by atoms with E-state index in [0.717, 1.165) is 95.0 Å². The molecular formula is C32H48N6O4. The molecule has 5 rings (SSSR count). The van der Waals surface area contributed by atoms with Gasteiger partial charge in [-0.25, -0.2) is 4.79 Å². The lowest BCUT2D eigenvalue weighted by molar-refractivity contribution is -0.130. The van der Waals surface area contributed by atoms with Crippen molar-refractivity contribution in [1.82, 2.24) is 24.9 Å². The SMILES string of the molecule is CCCC(=O)NC(=O)Cc1nn(C)c2cc(C3CCN(CC4CCN(C(=O)OC5CCC(N)CC5)CC4)CC3)ccc12. The van der Waals surface area contributed by atoms with Gasteiger partial charge in [0.05, 0.1) is 17.6 Å². The van der Waals surface area contributed by atoms with E-state index in [-0.39, 0.29) is 36.5 Å². The number of hydrogen-bond acceptors (Lipinski definition) is 7. The Hall–Kier alpha value is -2.98. The first-order chi connectivity index (χ1) is 20.3. The normalized spacial score (nSPS) is 22.8. The van der Waals surface area contributed by atoms with Crippen molar-refractivity contribution in [1.29, 1.82) is 0 Å². The Morgan fingerprint density at radius 1 is 0.976 bits per heavy atom. The zero-order valence-corrected chi connectivity index (χ0v) is 25.4. The van der Waals surface area contributed by atoms with Crippen molar-refractivity contribution >= 4 is 28.8 Å². The summed E-state index contributed by atoms with van der Waals surface area (Å²) >= 11 is 0. The van der Waals surface area contributed by atoms with Crippen LogP contribution in [-0.4, -0.2) is 82.4 Å². The average Bonchev–Trinajstić information content (AvgIpc) is 3.29. The second kappa shape index (κ2) is 14.0. The number of nitrogens with one attached hydrogen (secondary N) is 1. The first kappa shape index (κ1) is 30.5. The summed E-state index contributed by atoms with van der Waals surface area (Å²) in [5, 5.41) is 8.03. The van der Waals surface area contributed by atoms with Crippen molar-refractivity contribution in [3.8, 4) is 0 Å². The minimum absolute atomic E-state index is 0.0331. The number of carbonyl (C=O) groups is 3. The van der Waals surface area contributed by atoms with Crippen LogP contribution in [0.3, 0.4) is 0 Å². The largest absolute Gasteiger partial charge is 0.446 e. The van der Waals surface area contributed by atoms with Gasteiger partial charge in [0, 0.05) is 44.5 Å². The summed E-state index contributed by atoms with van der Waals surface area (Å²) in [6.07, 6.45) is 9.02. The molecule has 0 unspecified atom stereocenters. The predicted molar refractivity (Wildman–Crippen MR) is 162 cm³/mol. The first-order valence-electron chi connectivity index (χ1n) is 16.0. The van der Waals surface area contributed by atoms with Crippen LogP contribution in [0.4, 0.5) is 4.79 Å². The van der Waals surface area contributed by atoms with Gasteiger partial charge in [-0.2, -0.15) is 5.10 Å². The van der Waals surface area contributed by atoms with Crippen LogP contribution in [0.1, 0.15) is 88.3 Å². The van der Waals surface area contributed by atoms with E-state index in [2.05, 4.69) is 33.5 Å². The highest BCUT2D eigenvalue weighted by Crippen LogP contribution is 2.32. The smallest absolute Gasteiger partial charge is 0.410 e. The van der Waals surface area contributed by atoms with E-state index < -0.39 is 0 Å². The van der Waals surface area contributed by atoms with Crippen LogP contribution in [0.25, 0.3) is 10.9 Å². The zero-order valence-electron chi connectivity index (χ0n) is 25.4. The Labute approximate surface area is 249 Å². The molecule has 0 bridgehead atoms. The second-order valence-corrected chi connectivity index (χ2v) is 12.7. The molecule has 3 amide bonds. The highest BCUT2D eigenvalue weighted by Gasteiger charge is 2.30. The van der Waals surface area contributed by atoms with Crippen molar-refractivity contribution < 1.29 is 19.1 Å². The predicted octanol–water partition coefficient (Wildman–Crippen LogP) is 3.86. The van der Waals surface area contributed by atoms with Crippen molar-refractivity contribution in [3.05, 3.63) is 29.5 Å². The number of amides is 3. The van der Waals surface area contributed by atoms with Gasteiger partial charge in [0.1, 0.15) is 6.10 Å². The summed E-state index contributed by atoms with van der Waals surface area (Å²) in [5.74, 6) is 0.588. The molecule has 42 heavy (non-hydrogen) atoms. The quantitative estimate of drug-likeness (QED) is 0.486. The molecule has 3 aliphatic rings. The fraction of sp³-hybridized carbons (Fsp3) is 0.688. The molecule has 2 aliphatic heterocycles. The number of hydrogen-bond donors (Lipinski definition) is 2. The number of fused-ring (bicyclic) bond motifs is 1. The Balaban J connectivity index is 1.06. The number of carbonyl (C=O) groups excluding carboxylic acids is 3. The maximum absolute atomic E-state index is 12.7. The van der Waals surface area contributed by atoms with Gasteiger partial charge >= 0.3 is 6.09 Å². The Morgan fingerprint density at radius 2 is 1.69 bits per heavy atom. The van der Waals surface area contributed by atoms with Gasteiger partial charge in [-0.1, -0.05) is 19.1 Å². The van der Waals surface area contributed by atoms with Crippen molar-refractivity contribution in [3.63, 3.8) is 0 Å². The van der Waals surface area contributed by atoms with Crippen LogP contribution in [0, 0.1) is 5.92 Å². The molecule has 2 aromatic rings. The molecule has 10 nitrogen and oxygen atoms in total. The molecule has 3 N–H and O–H groups in total. The van der Waals surface area contributed by atoms with E-state index in [9.17, 15) is 14.4 Å². The number of imide groups is 1. The number of rotatable bonds is 8. The van der Waals surface area contributed by atoms with Crippen LogP contribution in [-0.2, 0) is 27.8 Å². The molecule has 1 aliphatic carbocycles. The Kier molecular flexibility index (Phi) is 10.2. The number of likely N-dealkylation sites (tertiary alicyclic amines) is 2. The minimum atomic E-state index is -0.305. The lowest BCUT2D eigenvalue weighted by Crippen LogP contribution is -2.44. The number of aryl methyl sites for hydroxylation is 1. The lowest BCUT2D eigenvalue weighted by Gasteiger charge is -2.38. The molecule has 10 heteroatoms. The van der Waals surface area contributed by atoms with E-state index in [1.165, 1.54) is 5.56 Å². The molecule has 230 valence electrons. The number of ether oxygens (including phenoxy) is 1. The highest BCUT2D eigenvalue weighted by atomic mass is 16.6. The summed E-state index contributed by atoms with van der Waals surface area (Å²) in [5.41, 5.74) is 9.03. The van der Waals surface area contributed by atoms with Gasteiger partial charge in [-0.05, 0) is 94.3 Å². The van der Waals surface area contributed by atoms with Gasteiger partial charge in [-0.15, -0.1) is 0 Å². The lowest BCUT2D eigenvalue weighted by atomic mass is 9.88. The summed E-state index contributed by atoms with van der Waals surface area (Å²) in [4.78, 5) is 41.3. The Morgan fingerprint density at radius 3 is 2.38 bits per heavy atom. The topological polar surface area (TPSA) is 123 Å². The fourth-order valence-electron chi connectivity index (χ4n) is 6.91. The summed E-state index contributed by atoms with van der Waals surface area (Å²) in [6, 6.07) is 6.75. The van der Waals surface area contributed by atoms with Crippen LogP contribution < -0.4 is 11.1 Å². The summed E-state index contributed by atoms with van der Waals surface area (Å²) in [6.45, 7) is 6.75. The van der Waals surface area contributed by atoms with Crippen LogP contribution in [0.2, 0.25) is 0 Å². The van der Waals surface area contributed by atoms with Crippen LogP contribution in [0.5, 0.6) is 0 Å². The third kappa shape index (κ3) is 7.69. The van der Waals surface area contributed by atoms with Gasteiger partial charge in [0.25, 0.3) is 0 Å². The van der Waals surface area contributed by atoms with E-state index in [0.29, 0.717) is 30.4 Å². The number of nitrogens with zero attached hydrogens (tertiary/aromatic N) is 4. The van der Waals surface area contributed by atoms with Gasteiger partial charge < -0.3 is 20.3 Å². The third-order valence-corrected chi connectivity index (χ3v) is 9.47. The maximum Gasteiger partial charge on any atom is 0.410 e. The van der Waals surface area contributed by atoms with Crippen molar-refractivity contribution in [2.45, 2.75) is 95.6 Å². The van der Waals surface area contributed by atoms with E-state index in [1.807, 2.05) is 23.6 Å². The number of benzene rings is 1. The monoisotopic (exact) mass is 580 g/mol. The Bertz CT molecular complexity index is 1240. The molecule has 3 heterocycles. The highest BCUT2D eigenvalue weighted by molar-refractivity contribution is 5.97. The number of piperidine rings is 2. The summed E-state index contributed by atoms with van der Waals surface area (Å²) < 4.78 is 7.62. The number of nitrogens with two attached hydrogens (primary N) is 1. The van der Waals surface area contributed by atoms with Crippen LogP contribution in [0.15, 0.2) is 18.2 Å². The van der Waals surface area contributed by atoms with Crippen LogP contribution >= 0.6 is 0 Å². The maximum atomic E-state index is 12.7. The summed E-state index contributed by atoms with van der Waals surface area (Å²) in [7, 11) is 1.91. The molecule has 0 atom stereocenters. The molecule has 3 fully saturated rings. The van der Waals surface area contributed by atoms with E-state index >= 15 is 0 Å². The molecule has 2 saturated heterocycles. The molecule has 1 aromatic heterocycles. The molecule has 1 saturated carbocycles. The van der Waals surface area contributed by atoms with Gasteiger partial charge in [0.2, 0.25) is 11.8 Å². The van der Waals surface area contributed by atoms with E-state index in [4.69, 9.17) is 10.5 Å². The number of aromatic nitrogens is 2. The second-order valence-electron chi connectivity index (χ2n) is 12.7. The molecule has 1 aromatic carbocycles. The first-order valence-corrected chi connectivity index (χ1v) is 16.0. The third-order valence-electron chi connectivity index (χ3n) is 9.47. The molecule has 0 radical (unpaired) electrons. The zero-order chi connectivity index (χ0) is 29.6. The fourth-order valence-corrected chi connectivity index (χ4v) is 6.91. The van der Waals surface area contributed by atoms with E-state index in [1.54, 1.807) is 0 Å². The molecule has 0 spiro atoms. The average molecular weight is 581 g/mol.